The van der Waals surface area contributed by atoms with Crippen LogP contribution >= 0.6 is 0 Å². The fraction of sp³-hybridized carbons (Fsp3) is 0.680. The molecular formula is C25H36N2O3. The Morgan fingerprint density at radius 2 is 1.97 bits per heavy atom. The molecule has 0 unspecified atom stereocenters. The summed E-state index contributed by atoms with van der Waals surface area (Å²) < 4.78 is 12.2. The summed E-state index contributed by atoms with van der Waals surface area (Å²) in [5.74, 6) is 1.75. The van der Waals surface area contributed by atoms with Gasteiger partial charge in [0.1, 0.15) is 6.10 Å². The lowest BCUT2D eigenvalue weighted by Crippen LogP contribution is -2.43. The van der Waals surface area contributed by atoms with Crippen LogP contribution in [0.25, 0.3) is 0 Å². The SMILES string of the molecule is COc1cc(C)c2c3c1O[C@@H]1C[C@H](O)C=C[C@@]31CCN(CCCN1CCCCC1)C2. The first-order chi connectivity index (χ1) is 14.6. The Balaban J connectivity index is 1.41. The third-order valence-electron chi connectivity index (χ3n) is 7.79. The smallest absolute Gasteiger partial charge is 0.166 e. The third-order valence-corrected chi connectivity index (χ3v) is 7.79. The van der Waals surface area contributed by atoms with Crippen molar-refractivity contribution < 1.29 is 14.6 Å². The van der Waals surface area contributed by atoms with E-state index in [1.807, 2.05) is 6.08 Å². The highest BCUT2D eigenvalue weighted by Crippen LogP contribution is 2.56. The van der Waals surface area contributed by atoms with E-state index in [1.165, 1.54) is 62.0 Å². The normalized spacial score (nSPS) is 31.0. The number of aryl methyl sites for hydroxylation is 1. The average molecular weight is 413 g/mol. The van der Waals surface area contributed by atoms with Crippen molar-refractivity contribution in [1.82, 2.24) is 9.80 Å². The number of nitrogens with zero attached hydrogens (tertiary/aromatic N) is 2. The fourth-order valence-corrected chi connectivity index (χ4v) is 6.12. The molecule has 0 radical (unpaired) electrons. The van der Waals surface area contributed by atoms with Gasteiger partial charge in [0.15, 0.2) is 11.5 Å². The zero-order valence-electron chi connectivity index (χ0n) is 18.5. The number of rotatable bonds is 5. The summed E-state index contributed by atoms with van der Waals surface area (Å²) in [7, 11) is 1.73. The third kappa shape index (κ3) is 3.45. The molecule has 3 atom stereocenters. The summed E-state index contributed by atoms with van der Waals surface area (Å²) in [6.45, 7) is 9.17. The molecule has 1 N–H and O–H groups in total. The molecule has 0 bridgehead atoms. The molecule has 30 heavy (non-hydrogen) atoms. The Labute approximate surface area is 180 Å². The van der Waals surface area contributed by atoms with Crippen LogP contribution in [0.2, 0.25) is 0 Å². The summed E-state index contributed by atoms with van der Waals surface area (Å²) in [6, 6.07) is 2.14. The van der Waals surface area contributed by atoms with Gasteiger partial charge in [-0.3, -0.25) is 4.90 Å². The number of aliphatic hydroxyl groups excluding tert-OH is 1. The van der Waals surface area contributed by atoms with Crippen LogP contribution in [0.15, 0.2) is 18.2 Å². The highest BCUT2D eigenvalue weighted by Gasteiger charge is 2.53. The quantitative estimate of drug-likeness (QED) is 0.751. The van der Waals surface area contributed by atoms with Gasteiger partial charge in [0.25, 0.3) is 0 Å². The van der Waals surface area contributed by atoms with Crippen molar-refractivity contribution in [3.8, 4) is 11.5 Å². The lowest BCUT2D eigenvalue weighted by molar-refractivity contribution is 0.0807. The molecular weight excluding hydrogens is 376 g/mol. The van der Waals surface area contributed by atoms with Crippen molar-refractivity contribution in [2.24, 2.45) is 0 Å². The molecule has 5 rings (SSSR count). The summed E-state index contributed by atoms with van der Waals surface area (Å²) in [5, 5.41) is 10.3. The first-order valence-corrected chi connectivity index (χ1v) is 11.8. The maximum atomic E-state index is 10.3. The highest BCUT2D eigenvalue weighted by molar-refractivity contribution is 5.63. The fourth-order valence-electron chi connectivity index (χ4n) is 6.12. The van der Waals surface area contributed by atoms with Crippen molar-refractivity contribution >= 4 is 0 Å². The standard InChI is InChI=1S/C25H36N2O3/c1-18-15-21(29-2)24-23-20(18)17-27(13-6-12-26-10-4-3-5-11-26)14-9-25(23)8-7-19(28)16-22(25)30-24/h7-8,15,19,22,28H,3-6,9-14,16-17H2,1-2H3/t19-,22-,25+/m1/s1. The summed E-state index contributed by atoms with van der Waals surface area (Å²) in [5.41, 5.74) is 3.89. The molecule has 1 aromatic rings. The number of hydrogen-bond donors (Lipinski definition) is 1. The molecule has 0 amide bonds. The second-order valence-corrected chi connectivity index (χ2v) is 9.67. The molecule has 5 heteroatoms. The van der Waals surface area contributed by atoms with Crippen LogP contribution in [-0.4, -0.2) is 66.9 Å². The first kappa shape index (κ1) is 20.3. The van der Waals surface area contributed by atoms with Crippen LogP contribution in [-0.2, 0) is 12.0 Å². The van der Waals surface area contributed by atoms with E-state index >= 15 is 0 Å². The average Bonchev–Trinajstić information content (AvgIpc) is 2.98. The molecule has 1 fully saturated rings. The van der Waals surface area contributed by atoms with E-state index in [1.54, 1.807) is 7.11 Å². The van der Waals surface area contributed by atoms with E-state index < -0.39 is 6.10 Å². The van der Waals surface area contributed by atoms with Gasteiger partial charge < -0.3 is 19.5 Å². The second-order valence-electron chi connectivity index (χ2n) is 9.67. The second kappa shape index (κ2) is 8.18. The van der Waals surface area contributed by atoms with Crippen LogP contribution in [0.4, 0.5) is 0 Å². The maximum absolute atomic E-state index is 10.3. The Morgan fingerprint density at radius 3 is 2.77 bits per heavy atom. The maximum Gasteiger partial charge on any atom is 0.166 e. The van der Waals surface area contributed by atoms with E-state index in [0.717, 1.165) is 37.6 Å². The number of methoxy groups -OCH3 is 1. The molecule has 3 aliphatic heterocycles. The van der Waals surface area contributed by atoms with Gasteiger partial charge in [-0.1, -0.05) is 18.6 Å². The van der Waals surface area contributed by atoms with Crippen LogP contribution in [0, 0.1) is 6.92 Å². The molecule has 3 heterocycles. The van der Waals surface area contributed by atoms with Crippen molar-refractivity contribution in [3.63, 3.8) is 0 Å². The lowest BCUT2D eigenvalue weighted by atomic mass is 9.68. The van der Waals surface area contributed by atoms with E-state index in [-0.39, 0.29) is 11.5 Å². The van der Waals surface area contributed by atoms with Crippen LogP contribution in [0.3, 0.4) is 0 Å². The molecule has 4 aliphatic rings. The number of hydrogen-bond acceptors (Lipinski definition) is 5. The lowest BCUT2D eigenvalue weighted by Gasteiger charge is -2.36. The first-order valence-electron chi connectivity index (χ1n) is 11.8. The van der Waals surface area contributed by atoms with Crippen LogP contribution in [0.5, 0.6) is 11.5 Å². The number of benzene rings is 1. The van der Waals surface area contributed by atoms with Gasteiger partial charge in [0.2, 0.25) is 0 Å². The topological polar surface area (TPSA) is 45.2 Å². The van der Waals surface area contributed by atoms with E-state index in [2.05, 4.69) is 28.9 Å². The monoisotopic (exact) mass is 412 g/mol. The van der Waals surface area contributed by atoms with Gasteiger partial charge in [0.05, 0.1) is 18.6 Å². The van der Waals surface area contributed by atoms with Crippen molar-refractivity contribution in [1.29, 1.82) is 0 Å². The van der Waals surface area contributed by atoms with Crippen molar-refractivity contribution in [2.75, 3.05) is 39.8 Å². The molecule has 164 valence electrons. The van der Waals surface area contributed by atoms with Gasteiger partial charge in [0, 0.05) is 18.5 Å². The Morgan fingerprint density at radius 1 is 1.17 bits per heavy atom. The Bertz CT molecular complexity index is 817. The summed E-state index contributed by atoms with van der Waals surface area (Å²) in [4.78, 5) is 5.28. The number of likely N-dealkylation sites (tertiary alicyclic amines) is 1. The number of ether oxygens (including phenoxy) is 2. The molecule has 1 saturated heterocycles. The van der Waals surface area contributed by atoms with Crippen LogP contribution in [0.1, 0.15) is 55.2 Å². The molecule has 1 aliphatic carbocycles. The van der Waals surface area contributed by atoms with Gasteiger partial charge in [-0.25, -0.2) is 0 Å². The predicted molar refractivity (Wildman–Crippen MR) is 118 cm³/mol. The number of aliphatic hydroxyl groups is 1. The van der Waals surface area contributed by atoms with Gasteiger partial charge in [-0.05, 0) is 82.5 Å². The Kier molecular flexibility index (Phi) is 5.55. The van der Waals surface area contributed by atoms with E-state index in [4.69, 9.17) is 9.47 Å². The zero-order valence-corrected chi connectivity index (χ0v) is 18.5. The zero-order chi connectivity index (χ0) is 20.7. The predicted octanol–water partition coefficient (Wildman–Crippen LogP) is 3.40. The largest absolute Gasteiger partial charge is 0.493 e. The minimum Gasteiger partial charge on any atom is -0.493 e. The summed E-state index contributed by atoms with van der Waals surface area (Å²) in [6.07, 6.45) is 10.9. The van der Waals surface area contributed by atoms with Gasteiger partial charge >= 0.3 is 0 Å². The highest BCUT2D eigenvalue weighted by atomic mass is 16.5. The van der Waals surface area contributed by atoms with E-state index in [9.17, 15) is 5.11 Å². The molecule has 0 saturated carbocycles. The van der Waals surface area contributed by atoms with E-state index in [0.29, 0.717) is 6.42 Å². The minimum absolute atomic E-state index is 0.00440. The van der Waals surface area contributed by atoms with Gasteiger partial charge in [-0.15, -0.1) is 0 Å². The summed E-state index contributed by atoms with van der Waals surface area (Å²) >= 11 is 0. The molecule has 1 spiro atoms. The molecule has 5 nitrogen and oxygen atoms in total. The molecule has 0 aromatic heterocycles. The van der Waals surface area contributed by atoms with Crippen LogP contribution < -0.4 is 9.47 Å². The van der Waals surface area contributed by atoms with Crippen molar-refractivity contribution in [2.45, 2.75) is 69.6 Å². The molecule has 1 aromatic carbocycles. The minimum atomic E-state index is -0.422. The Hall–Kier alpha value is -1.56. The number of piperidine rings is 1. The van der Waals surface area contributed by atoms with Gasteiger partial charge in [-0.2, -0.15) is 0 Å². The van der Waals surface area contributed by atoms with Crippen molar-refractivity contribution in [3.05, 3.63) is 34.9 Å².